The van der Waals surface area contributed by atoms with E-state index in [9.17, 15) is 4.79 Å². The fourth-order valence-corrected chi connectivity index (χ4v) is 1.80. The topological polar surface area (TPSA) is 46.3 Å². The van der Waals surface area contributed by atoms with Crippen molar-refractivity contribution in [1.82, 2.24) is 4.90 Å². The standard InChI is InChI=1S/C14H22N2O/c1-11(2)16(14(17)8-9-15)10-13-7-5-4-6-12(13)3/h4-7,11H,8-10,15H2,1-3H3. The van der Waals surface area contributed by atoms with Gasteiger partial charge in [-0.3, -0.25) is 4.79 Å². The lowest BCUT2D eigenvalue weighted by atomic mass is 10.1. The number of nitrogens with two attached hydrogens (primary N) is 1. The Hall–Kier alpha value is -1.35. The van der Waals surface area contributed by atoms with E-state index < -0.39 is 0 Å². The van der Waals surface area contributed by atoms with E-state index >= 15 is 0 Å². The number of carbonyl (C=O) groups is 1. The smallest absolute Gasteiger partial charge is 0.224 e. The van der Waals surface area contributed by atoms with Crippen LogP contribution >= 0.6 is 0 Å². The molecule has 1 aromatic rings. The average Bonchev–Trinajstić information content (AvgIpc) is 2.27. The van der Waals surface area contributed by atoms with Gasteiger partial charge in [-0.2, -0.15) is 0 Å². The maximum Gasteiger partial charge on any atom is 0.224 e. The van der Waals surface area contributed by atoms with Crippen molar-refractivity contribution in [1.29, 1.82) is 0 Å². The van der Waals surface area contributed by atoms with E-state index in [-0.39, 0.29) is 11.9 Å². The van der Waals surface area contributed by atoms with Gasteiger partial charge in [-0.25, -0.2) is 0 Å². The molecular formula is C14H22N2O. The van der Waals surface area contributed by atoms with Crippen molar-refractivity contribution in [3.63, 3.8) is 0 Å². The van der Waals surface area contributed by atoms with Crippen LogP contribution in [0.5, 0.6) is 0 Å². The van der Waals surface area contributed by atoms with Crippen LogP contribution in [0.1, 0.15) is 31.4 Å². The van der Waals surface area contributed by atoms with Crippen LogP contribution in [0.3, 0.4) is 0 Å². The Morgan fingerprint density at radius 3 is 2.53 bits per heavy atom. The van der Waals surface area contributed by atoms with Crippen molar-refractivity contribution in [2.75, 3.05) is 6.54 Å². The van der Waals surface area contributed by atoms with Crippen LogP contribution in [-0.4, -0.2) is 23.4 Å². The van der Waals surface area contributed by atoms with Gasteiger partial charge < -0.3 is 10.6 Å². The van der Waals surface area contributed by atoms with E-state index in [1.165, 1.54) is 11.1 Å². The second kappa shape index (κ2) is 6.40. The molecule has 0 saturated carbocycles. The molecule has 0 atom stereocenters. The van der Waals surface area contributed by atoms with Crippen molar-refractivity contribution >= 4 is 5.91 Å². The minimum absolute atomic E-state index is 0.130. The highest BCUT2D eigenvalue weighted by Crippen LogP contribution is 2.13. The molecule has 1 amide bonds. The summed E-state index contributed by atoms with van der Waals surface area (Å²) in [5.74, 6) is 0.130. The van der Waals surface area contributed by atoms with Gasteiger partial charge in [-0.05, 0) is 31.9 Å². The van der Waals surface area contributed by atoms with Crippen LogP contribution < -0.4 is 5.73 Å². The molecule has 3 nitrogen and oxygen atoms in total. The van der Waals surface area contributed by atoms with Crippen molar-refractivity contribution < 1.29 is 4.79 Å². The molecule has 0 saturated heterocycles. The Morgan fingerprint density at radius 1 is 1.35 bits per heavy atom. The Balaban J connectivity index is 2.81. The van der Waals surface area contributed by atoms with E-state index in [4.69, 9.17) is 5.73 Å². The van der Waals surface area contributed by atoms with Crippen LogP contribution in [-0.2, 0) is 11.3 Å². The second-order valence-electron chi connectivity index (χ2n) is 4.58. The molecule has 0 spiro atoms. The fraction of sp³-hybridized carbons (Fsp3) is 0.500. The summed E-state index contributed by atoms with van der Waals surface area (Å²) in [5.41, 5.74) is 7.86. The monoisotopic (exact) mass is 234 g/mol. The largest absolute Gasteiger partial charge is 0.336 e. The predicted molar refractivity (Wildman–Crippen MR) is 70.5 cm³/mol. The molecule has 0 aliphatic heterocycles. The van der Waals surface area contributed by atoms with Gasteiger partial charge in [0.2, 0.25) is 5.91 Å². The Bertz CT molecular complexity index is 374. The summed E-state index contributed by atoms with van der Waals surface area (Å²) in [4.78, 5) is 13.8. The zero-order chi connectivity index (χ0) is 12.8. The number of aryl methyl sites for hydroxylation is 1. The van der Waals surface area contributed by atoms with E-state index in [1.54, 1.807) is 0 Å². The summed E-state index contributed by atoms with van der Waals surface area (Å²) < 4.78 is 0. The summed E-state index contributed by atoms with van der Waals surface area (Å²) in [7, 11) is 0. The summed E-state index contributed by atoms with van der Waals surface area (Å²) in [5, 5.41) is 0. The van der Waals surface area contributed by atoms with E-state index in [0.717, 1.165) is 0 Å². The number of benzene rings is 1. The third-order valence-electron chi connectivity index (χ3n) is 2.90. The highest BCUT2D eigenvalue weighted by molar-refractivity contribution is 5.76. The van der Waals surface area contributed by atoms with Crippen LogP contribution in [0.25, 0.3) is 0 Å². The van der Waals surface area contributed by atoms with Gasteiger partial charge in [-0.1, -0.05) is 24.3 Å². The van der Waals surface area contributed by atoms with Crippen molar-refractivity contribution in [2.24, 2.45) is 5.73 Å². The molecule has 0 aromatic heterocycles. The molecule has 2 N–H and O–H groups in total. The molecule has 0 aliphatic rings. The van der Waals surface area contributed by atoms with Crippen LogP contribution in [0.2, 0.25) is 0 Å². The summed E-state index contributed by atoms with van der Waals surface area (Å²) in [6, 6.07) is 8.37. The first-order valence-corrected chi connectivity index (χ1v) is 6.10. The molecule has 0 fully saturated rings. The first kappa shape index (κ1) is 13.7. The number of carbonyl (C=O) groups excluding carboxylic acids is 1. The Labute approximate surface area is 104 Å². The molecule has 0 heterocycles. The summed E-state index contributed by atoms with van der Waals surface area (Å²) >= 11 is 0. The third kappa shape index (κ3) is 3.86. The van der Waals surface area contributed by atoms with Crippen molar-refractivity contribution in [3.05, 3.63) is 35.4 Å². The molecular weight excluding hydrogens is 212 g/mol. The molecule has 0 bridgehead atoms. The number of hydrogen-bond acceptors (Lipinski definition) is 2. The number of amides is 1. The minimum atomic E-state index is 0.130. The molecule has 1 rings (SSSR count). The van der Waals surface area contributed by atoms with Crippen molar-refractivity contribution in [2.45, 2.75) is 39.8 Å². The van der Waals surface area contributed by atoms with E-state index in [1.807, 2.05) is 30.9 Å². The van der Waals surface area contributed by atoms with E-state index in [0.29, 0.717) is 19.5 Å². The lowest BCUT2D eigenvalue weighted by Crippen LogP contribution is -2.37. The summed E-state index contributed by atoms with van der Waals surface area (Å²) in [6.45, 7) is 7.22. The van der Waals surface area contributed by atoms with Crippen LogP contribution in [0.15, 0.2) is 24.3 Å². The molecule has 0 radical (unpaired) electrons. The van der Waals surface area contributed by atoms with Gasteiger partial charge >= 0.3 is 0 Å². The lowest BCUT2D eigenvalue weighted by Gasteiger charge is -2.27. The van der Waals surface area contributed by atoms with Crippen molar-refractivity contribution in [3.8, 4) is 0 Å². The van der Waals surface area contributed by atoms with E-state index in [2.05, 4.69) is 19.1 Å². The number of hydrogen-bond donors (Lipinski definition) is 1. The second-order valence-corrected chi connectivity index (χ2v) is 4.58. The van der Waals surface area contributed by atoms with Crippen LogP contribution in [0, 0.1) is 6.92 Å². The molecule has 1 aromatic carbocycles. The highest BCUT2D eigenvalue weighted by atomic mass is 16.2. The first-order chi connectivity index (χ1) is 8.06. The lowest BCUT2D eigenvalue weighted by molar-refractivity contribution is -0.133. The highest BCUT2D eigenvalue weighted by Gasteiger charge is 2.16. The predicted octanol–water partition coefficient (Wildman–Crippen LogP) is 2.08. The zero-order valence-corrected chi connectivity index (χ0v) is 10.9. The molecule has 94 valence electrons. The first-order valence-electron chi connectivity index (χ1n) is 6.10. The normalized spacial score (nSPS) is 10.6. The van der Waals surface area contributed by atoms with Gasteiger partial charge in [0, 0.05) is 25.6 Å². The quantitative estimate of drug-likeness (QED) is 0.848. The van der Waals surface area contributed by atoms with Gasteiger partial charge in [0.1, 0.15) is 0 Å². The van der Waals surface area contributed by atoms with Gasteiger partial charge in [0.15, 0.2) is 0 Å². The maximum absolute atomic E-state index is 11.9. The number of nitrogens with zero attached hydrogens (tertiary/aromatic N) is 1. The zero-order valence-electron chi connectivity index (χ0n) is 10.9. The van der Waals surface area contributed by atoms with Gasteiger partial charge in [-0.15, -0.1) is 0 Å². The Kier molecular flexibility index (Phi) is 5.16. The molecule has 0 unspecified atom stereocenters. The summed E-state index contributed by atoms with van der Waals surface area (Å²) in [6.07, 6.45) is 0.421. The van der Waals surface area contributed by atoms with Crippen LogP contribution in [0.4, 0.5) is 0 Å². The molecule has 0 aliphatic carbocycles. The Morgan fingerprint density at radius 2 is 2.00 bits per heavy atom. The molecule has 3 heteroatoms. The minimum Gasteiger partial charge on any atom is -0.336 e. The van der Waals surface area contributed by atoms with Gasteiger partial charge in [0.25, 0.3) is 0 Å². The molecule has 17 heavy (non-hydrogen) atoms. The third-order valence-corrected chi connectivity index (χ3v) is 2.90. The average molecular weight is 234 g/mol. The fourth-order valence-electron chi connectivity index (χ4n) is 1.80. The number of rotatable bonds is 5. The SMILES string of the molecule is Cc1ccccc1CN(C(=O)CCN)C(C)C. The maximum atomic E-state index is 11.9. The van der Waals surface area contributed by atoms with Gasteiger partial charge in [0.05, 0.1) is 0 Å².